The molecule has 3 aliphatic heterocycles. The van der Waals surface area contributed by atoms with Crippen molar-refractivity contribution in [3.8, 4) is 0 Å². The Morgan fingerprint density at radius 2 is 1.96 bits per heavy atom. The largest absolute Gasteiger partial charge is 0.338 e. The molecular weight excluding hydrogens is 394 g/mol. The average Bonchev–Trinajstić information content (AvgIpc) is 3.36. The van der Waals surface area contributed by atoms with Gasteiger partial charge in [0.2, 0.25) is 11.8 Å². The van der Waals surface area contributed by atoms with Crippen LogP contribution in [0.4, 0.5) is 5.69 Å². The van der Waals surface area contributed by atoms with Gasteiger partial charge < -0.3 is 14.7 Å². The number of likely N-dealkylation sites (tertiary alicyclic amines) is 2. The molecule has 0 radical (unpaired) electrons. The number of carbonyl (C=O) groups excluding carboxylic acids is 2. The van der Waals surface area contributed by atoms with Crippen LogP contribution >= 0.6 is 15.9 Å². The van der Waals surface area contributed by atoms with Gasteiger partial charge in [-0.15, -0.1) is 0 Å². The van der Waals surface area contributed by atoms with Crippen molar-refractivity contribution in [2.75, 3.05) is 37.6 Å². The maximum absolute atomic E-state index is 13.1. The number of amides is 2. The van der Waals surface area contributed by atoms with E-state index < -0.39 is 0 Å². The maximum atomic E-state index is 13.1. The average molecular weight is 420 g/mol. The summed E-state index contributed by atoms with van der Waals surface area (Å²) in [5.74, 6) is 0.0231. The molecule has 5 nitrogen and oxygen atoms in total. The van der Waals surface area contributed by atoms with Crippen LogP contribution in [0.1, 0.15) is 32.1 Å². The standard InChI is InChI=1S/C20H26BrN3O2/c21-16-5-3-6-17(12-16)24-13-15(11-19(24)25)20(26)23-10-4-7-18(23)14-22-8-1-2-9-22/h3,5-6,12,15,18H,1-2,4,7-11,13-14H2. The van der Waals surface area contributed by atoms with Crippen LogP contribution in [-0.4, -0.2) is 60.4 Å². The third-order valence-electron chi connectivity index (χ3n) is 5.92. The summed E-state index contributed by atoms with van der Waals surface area (Å²) in [7, 11) is 0. The first-order valence-electron chi connectivity index (χ1n) is 9.70. The fourth-order valence-corrected chi connectivity index (χ4v) is 4.97. The Labute approximate surface area is 163 Å². The summed E-state index contributed by atoms with van der Waals surface area (Å²) in [6.45, 7) is 4.68. The molecule has 3 aliphatic rings. The second kappa shape index (κ2) is 7.69. The smallest absolute Gasteiger partial charge is 0.228 e. The van der Waals surface area contributed by atoms with Gasteiger partial charge >= 0.3 is 0 Å². The van der Waals surface area contributed by atoms with Crippen LogP contribution in [0.25, 0.3) is 0 Å². The molecule has 3 saturated heterocycles. The van der Waals surface area contributed by atoms with E-state index >= 15 is 0 Å². The Morgan fingerprint density at radius 1 is 1.15 bits per heavy atom. The van der Waals surface area contributed by atoms with Crippen molar-refractivity contribution in [2.45, 2.75) is 38.1 Å². The highest BCUT2D eigenvalue weighted by Crippen LogP contribution is 2.30. The Balaban J connectivity index is 1.42. The van der Waals surface area contributed by atoms with Gasteiger partial charge in [-0.25, -0.2) is 0 Å². The summed E-state index contributed by atoms with van der Waals surface area (Å²) in [5.41, 5.74) is 0.870. The minimum atomic E-state index is -0.208. The van der Waals surface area contributed by atoms with Crippen molar-refractivity contribution in [3.05, 3.63) is 28.7 Å². The van der Waals surface area contributed by atoms with E-state index in [0.717, 1.165) is 49.2 Å². The van der Waals surface area contributed by atoms with Crippen LogP contribution < -0.4 is 4.90 Å². The highest BCUT2D eigenvalue weighted by atomic mass is 79.9. The second-order valence-electron chi connectivity index (χ2n) is 7.72. The van der Waals surface area contributed by atoms with E-state index in [9.17, 15) is 9.59 Å². The normalized spacial score (nSPS) is 26.9. The van der Waals surface area contributed by atoms with Crippen molar-refractivity contribution >= 4 is 33.4 Å². The van der Waals surface area contributed by atoms with E-state index in [4.69, 9.17) is 0 Å². The molecule has 1 aromatic rings. The zero-order valence-corrected chi connectivity index (χ0v) is 16.7. The quantitative estimate of drug-likeness (QED) is 0.753. The summed E-state index contributed by atoms with van der Waals surface area (Å²) in [6, 6.07) is 8.07. The fraction of sp³-hybridized carbons (Fsp3) is 0.600. The highest BCUT2D eigenvalue weighted by Gasteiger charge is 2.40. The van der Waals surface area contributed by atoms with E-state index in [0.29, 0.717) is 19.0 Å². The zero-order chi connectivity index (χ0) is 18.1. The van der Waals surface area contributed by atoms with Crippen LogP contribution in [0.15, 0.2) is 28.7 Å². The van der Waals surface area contributed by atoms with Gasteiger partial charge in [-0.1, -0.05) is 22.0 Å². The lowest BCUT2D eigenvalue weighted by Gasteiger charge is -2.30. The van der Waals surface area contributed by atoms with Gasteiger partial charge in [-0.2, -0.15) is 0 Å². The first-order chi connectivity index (χ1) is 12.6. The van der Waals surface area contributed by atoms with Crippen molar-refractivity contribution in [1.29, 1.82) is 0 Å². The molecule has 6 heteroatoms. The van der Waals surface area contributed by atoms with Crippen LogP contribution in [0.2, 0.25) is 0 Å². The van der Waals surface area contributed by atoms with Gasteiger partial charge in [0.25, 0.3) is 0 Å². The minimum absolute atomic E-state index is 0.0525. The molecule has 26 heavy (non-hydrogen) atoms. The number of benzene rings is 1. The maximum Gasteiger partial charge on any atom is 0.228 e. The molecule has 3 fully saturated rings. The topological polar surface area (TPSA) is 43.9 Å². The molecule has 3 heterocycles. The van der Waals surface area contributed by atoms with Gasteiger partial charge in [0, 0.05) is 42.3 Å². The molecule has 0 aliphatic carbocycles. The summed E-state index contributed by atoms with van der Waals surface area (Å²) in [6.07, 6.45) is 5.07. The number of hydrogen-bond acceptors (Lipinski definition) is 3. The summed E-state index contributed by atoms with van der Waals surface area (Å²) in [4.78, 5) is 32.0. The van der Waals surface area contributed by atoms with Gasteiger partial charge in [-0.3, -0.25) is 9.59 Å². The predicted octanol–water partition coefficient (Wildman–Crippen LogP) is 2.89. The monoisotopic (exact) mass is 419 g/mol. The van der Waals surface area contributed by atoms with Gasteiger partial charge in [0.1, 0.15) is 0 Å². The first kappa shape index (κ1) is 18.0. The lowest BCUT2D eigenvalue weighted by Crippen LogP contribution is -2.45. The summed E-state index contributed by atoms with van der Waals surface area (Å²) in [5, 5.41) is 0. The Bertz CT molecular complexity index is 689. The third-order valence-corrected chi connectivity index (χ3v) is 6.42. The predicted molar refractivity (Wildman–Crippen MR) is 105 cm³/mol. The number of nitrogens with zero attached hydrogens (tertiary/aromatic N) is 3. The van der Waals surface area contributed by atoms with E-state index in [-0.39, 0.29) is 17.7 Å². The molecule has 0 aromatic heterocycles. The number of hydrogen-bond donors (Lipinski definition) is 0. The Kier molecular flexibility index (Phi) is 5.32. The van der Waals surface area contributed by atoms with Crippen LogP contribution in [0.3, 0.4) is 0 Å². The number of anilines is 1. The number of rotatable bonds is 4. The SMILES string of the molecule is O=C1CC(C(=O)N2CCCC2CN2CCCC2)CN1c1cccc(Br)c1. The van der Waals surface area contributed by atoms with Crippen molar-refractivity contribution in [2.24, 2.45) is 5.92 Å². The molecule has 140 valence electrons. The molecule has 1 aromatic carbocycles. The molecule has 0 saturated carbocycles. The molecule has 2 atom stereocenters. The summed E-state index contributed by atoms with van der Waals surface area (Å²) >= 11 is 3.46. The minimum Gasteiger partial charge on any atom is -0.338 e. The van der Waals surface area contributed by atoms with Crippen LogP contribution in [-0.2, 0) is 9.59 Å². The number of halogens is 1. The lowest BCUT2D eigenvalue weighted by atomic mass is 10.1. The Morgan fingerprint density at radius 3 is 2.73 bits per heavy atom. The van der Waals surface area contributed by atoms with E-state index in [1.807, 2.05) is 24.3 Å². The molecular formula is C20H26BrN3O2. The van der Waals surface area contributed by atoms with Gasteiger partial charge in [-0.05, 0) is 57.0 Å². The molecule has 4 rings (SSSR count). The summed E-state index contributed by atoms with van der Waals surface area (Å²) < 4.78 is 0.947. The Hall–Kier alpha value is -1.40. The van der Waals surface area contributed by atoms with Gasteiger partial charge in [0.05, 0.1) is 5.92 Å². The lowest BCUT2D eigenvalue weighted by molar-refractivity contribution is -0.136. The van der Waals surface area contributed by atoms with Crippen molar-refractivity contribution in [1.82, 2.24) is 9.80 Å². The molecule has 0 spiro atoms. The molecule has 2 unspecified atom stereocenters. The first-order valence-corrected chi connectivity index (χ1v) is 10.5. The van der Waals surface area contributed by atoms with Gasteiger partial charge in [0.15, 0.2) is 0 Å². The fourth-order valence-electron chi connectivity index (χ4n) is 4.58. The highest BCUT2D eigenvalue weighted by molar-refractivity contribution is 9.10. The van der Waals surface area contributed by atoms with Crippen molar-refractivity contribution in [3.63, 3.8) is 0 Å². The molecule has 2 amide bonds. The number of carbonyl (C=O) groups is 2. The zero-order valence-electron chi connectivity index (χ0n) is 15.1. The van der Waals surface area contributed by atoms with E-state index in [1.54, 1.807) is 4.90 Å². The van der Waals surface area contributed by atoms with E-state index in [1.165, 1.54) is 12.8 Å². The second-order valence-corrected chi connectivity index (χ2v) is 8.64. The third kappa shape index (κ3) is 3.67. The van der Waals surface area contributed by atoms with Crippen LogP contribution in [0, 0.1) is 5.92 Å². The molecule has 0 bridgehead atoms. The van der Waals surface area contributed by atoms with E-state index in [2.05, 4.69) is 25.7 Å². The molecule has 0 N–H and O–H groups in total. The van der Waals surface area contributed by atoms with Crippen molar-refractivity contribution < 1.29 is 9.59 Å². The van der Waals surface area contributed by atoms with Crippen LogP contribution in [0.5, 0.6) is 0 Å².